The van der Waals surface area contributed by atoms with Crippen LogP contribution in [0.4, 0.5) is 10.5 Å². The number of rotatable bonds is 7. The second-order valence-electron chi connectivity index (χ2n) is 9.65. The van der Waals surface area contributed by atoms with Crippen molar-refractivity contribution in [3.63, 3.8) is 0 Å². The molecule has 4 rings (SSSR count). The third kappa shape index (κ3) is 5.54. The van der Waals surface area contributed by atoms with Crippen molar-refractivity contribution in [1.82, 2.24) is 0 Å². The van der Waals surface area contributed by atoms with E-state index in [1.807, 2.05) is 32.0 Å². The number of anilines is 1. The largest absolute Gasteiger partial charge is 0.446 e. The van der Waals surface area contributed by atoms with E-state index in [0.717, 1.165) is 5.56 Å². The maximum atomic E-state index is 14.7. The summed E-state index contributed by atoms with van der Waals surface area (Å²) in [6.45, 7) is 9.36. The topological polar surface area (TPSA) is 90.9 Å². The monoisotopic (exact) mass is 521 g/mol. The summed E-state index contributed by atoms with van der Waals surface area (Å²) in [6.07, 6.45) is -1.03. The molecule has 1 aliphatic rings. The number of ether oxygens (including phenoxy) is 3. The van der Waals surface area contributed by atoms with E-state index in [9.17, 15) is 14.2 Å². The second kappa shape index (κ2) is 10.6. The number of hydrogen-bond donors (Lipinski definition) is 1. The van der Waals surface area contributed by atoms with Crippen LogP contribution in [0.5, 0.6) is 0 Å². The molecule has 1 saturated heterocycles. The highest BCUT2D eigenvalue weighted by Crippen LogP contribution is 2.48. The summed E-state index contributed by atoms with van der Waals surface area (Å²) in [5, 5.41) is 3.70. The van der Waals surface area contributed by atoms with Gasteiger partial charge >= 0.3 is 6.09 Å². The van der Waals surface area contributed by atoms with Crippen molar-refractivity contribution in [2.75, 3.05) is 18.5 Å². The van der Waals surface area contributed by atoms with E-state index in [4.69, 9.17) is 14.2 Å². The standard InChI is InChI=1S/C29H32NO6P/c1-19-16-20(2)26(30-28(32)34-17-22-18-35-29(4,5)36-22)21(3)25(19)27(31)37(33,23-12-8-6-9-13-23)24-14-10-7-11-15-24/h6-16,22H,17-18H2,1-5H3,(H,30,32). The minimum Gasteiger partial charge on any atom is -0.446 e. The van der Waals surface area contributed by atoms with Crippen LogP contribution in [0.15, 0.2) is 66.7 Å². The molecule has 1 aliphatic heterocycles. The van der Waals surface area contributed by atoms with Crippen LogP contribution >= 0.6 is 7.14 Å². The molecule has 1 N–H and O–H groups in total. The minimum absolute atomic E-state index is 0.0300. The lowest BCUT2D eigenvalue weighted by molar-refractivity contribution is -0.142. The number of benzene rings is 3. The van der Waals surface area contributed by atoms with Gasteiger partial charge in [-0.25, -0.2) is 4.79 Å². The van der Waals surface area contributed by atoms with E-state index in [0.29, 0.717) is 39.6 Å². The number of amides is 1. The first-order valence-electron chi connectivity index (χ1n) is 12.2. The summed E-state index contributed by atoms with van der Waals surface area (Å²) >= 11 is 0. The van der Waals surface area contributed by atoms with Gasteiger partial charge in [-0.1, -0.05) is 66.7 Å². The van der Waals surface area contributed by atoms with E-state index in [1.54, 1.807) is 69.3 Å². The van der Waals surface area contributed by atoms with Crippen LogP contribution in [-0.2, 0) is 18.8 Å². The molecule has 37 heavy (non-hydrogen) atoms. The van der Waals surface area contributed by atoms with Crippen LogP contribution in [0.1, 0.15) is 40.9 Å². The van der Waals surface area contributed by atoms with Gasteiger partial charge in [0.1, 0.15) is 12.7 Å². The first kappa shape index (κ1) is 26.8. The van der Waals surface area contributed by atoms with Crippen molar-refractivity contribution >= 4 is 35.1 Å². The number of nitrogens with one attached hydrogen (secondary N) is 1. The predicted molar refractivity (Wildman–Crippen MR) is 145 cm³/mol. The maximum absolute atomic E-state index is 14.7. The highest BCUT2D eigenvalue weighted by atomic mass is 31.2. The zero-order chi connectivity index (χ0) is 26.8. The Bertz CT molecular complexity index is 1310. The fourth-order valence-electron chi connectivity index (χ4n) is 4.68. The third-order valence-corrected chi connectivity index (χ3v) is 9.25. The molecule has 0 spiro atoms. The lowest BCUT2D eigenvalue weighted by atomic mass is 9.98. The van der Waals surface area contributed by atoms with Crippen molar-refractivity contribution in [3.05, 3.63) is 89.0 Å². The molecule has 194 valence electrons. The molecule has 1 fully saturated rings. The Labute approximate surface area is 217 Å². The molecular formula is C29H32NO6P. The third-order valence-electron chi connectivity index (χ3n) is 6.41. The SMILES string of the molecule is Cc1cc(C)c(C(=O)P(=O)(c2ccccc2)c2ccccc2)c(C)c1NC(=O)OCC1COC(C)(C)O1. The molecule has 1 atom stereocenters. The number of hydrogen-bond acceptors (Lipinski definition) is 6. The summed E-state index contributed by atoms with van der Waals surface area (Å²) in [7, 11) is -3.71. The Kier molecular flexibility index (Phi) is 7.69. The van der Waals surface area contributed by atoms with E-state index in [-0.39, 0.29) is 12.7 Å². The summed E-state index contributed by atoms with van der Waals surface area (Å²) in [4.78, 5) is 26.9. The zero-order valence-corrected chi connectivity index (χ0v) is 22.6. The lowest BCUT2D eigenvalue weighted by Gasteiger charge is -2.23. The molecule has 1 heterocycles. The average molecular weight is 522 g/mol. The second-order valence-corrected chi connectivity index (χ2v) is 12.3. The average Bonchev–Trinajstić information content (AvgIpc) is 3.24. The highest BCUT2D eigenvalue weighted by Gasteiger charge is 2.38. The van der Waals surface area contributed by atoms with E-state index in [2.05, 4.69) is 5.32 Å². The fraction of sp³-hybridized carbons (Fsp3) is 0.310. The Morgan fingerprint density at radius 1 is 0.973 bits per heavy atom. The van der Waals surface area contributed by atoms with Gasteiger partial charge in [-0.3, -0.25) is 10.1 Å². The zero-order valence-electron chi connectivity index (χ0n) is 21.7. The fourth-order valence-corrected chi connectivity index (χ4v) is 7.29. The van der Waals surface area contributed by atoms with Crippen molar-refractivity contribution in [3.8, 4) is 0 Å². The summed E-state index contributed by atoms with van der Waals surface area (Å²) < 4.78 is 31.2. The molecule has 0 aliphatic carbocycles. The summed E-state index contributed by atoms with van der Waals surface area (Å²) in [5.41, 5.74) is 2.29. The van der Waals surface area contributed by atoms with Gasteiger partial charge in [0, 0.05) is 16.2 Å². The molecular weight excluding hydrogens is 489 g/mol. The van der Waals surface area contributed by atoms with Crippen LogP contribution < -0.4 is 15.9 Å². The first-order chi connectivity index (χ1) is 17.5. The van der Waals surface area contributed by atoms with Gasteiger partial charge in [-0.15, -0.1) is 0 Å². The number of carbonyl (C=O) groups excluding carboxylic acids is 2. The van der Waals surface area contributed by atoms with Gasteiger partial charge < -0.3 is 18.8 Å². The molecule has 3 aromatic carbocycles. The number of aryl methyl sites for hydroxylation is 2. The Morgan fingerprint density at radius 3 is 2.05 bits per heavy atom. The van der Waals surface area contributed by atoms with Gasteiger partial charge in [0.15, 0.2) is 5.79 Å². The van der Waals surface area contributed by atoms with Gasteiger partial charge in [-0.2, -0.15) is 0 Å². The molecule has 1 amide bonds. The lowest BCUT2D eigenvalue weighted by Crippen LogP contribution is -2.27. The van der Waals surface area contributed by atoms with Gasteiger partial charge in [0.05, 0.1) is 12.3 Å². The van der Waals surface area contributed by atoms with Crippen LogP contribution in [-0.4, -0.2) is 36.7 Å². The van der Waals surface area contributed by atoms with Crippen molar-refractivity contribution < 1.29 is 28.4 Å². The van der Waals surface area contributed by atoms with Crippen molar-refractivity contribution in [2.45, 2.75) is 46.5 Å². The van der Waals surface area contributed by atoms with Crippen LogP contribution in [0, 0.1) is 20.8 Å². The van der Waals surface area contributed by atoms with E-state index < -0.39 is 24.5 Å². The molecule has 8 heteroatoms. The quantitative estimate of drug-likeness (QED) is 0.415. The van der Waals surface area contributed by atoms with Crippen LogP contribution in [0.2, 0.25) is 0 Å². The molecule has 3 aromatic rings. The van der Waals surface area contributed by atoms with Crippen molar-refractivity contribution in [2.24, 2.45) is 0 Å². The smallest absolute Gasteiger partial charge is 0.411 e. The Morgan fingerprint density at radius 2 is 1.54 bits per heavy atom. The van der Waals surface area contributed by atoms with Crippen LogP contribution in [0.3, 0.4) is 0 Å². The molecule has 0 radical (unpaired) electrons. The van der Waals surface area contributed by atoms with E-state index in [1.165, 1.54) is 0 Å². The molecule has 1 unspecified atom stereocenters. The number of carbonyl (C=O) groups is 2. The maximum Gasteiger partial charge on any atom is 0.411 e. The van der Waals surface area contributed by atoms with Gasteiger partial charge in [0.2, 0.25) is 12.7 Å². The summed E-state index contributed by atoms with van der Waals surface area (Å²) in [5.74, 6) is -0.713. The normalized spacial score (nSPS) is 16.8. The minimum atomic E-state index is -3.71. The molecule has 7 nitrogen and oxygen atoms in total. The van der Waals surface area contributed by atoms with Crippen LogP contribution in [0.25, 0.3) is 0 Å². The molecule has 0 aromatic heterocycles. The molecule has 0 saturated carbocycles. The predicted octanol–water partition coefficient (Wildman–Crippen LogP) is 5.47. The first-order valence-corrected chi connectivity index (χ1v) is 13.9. The van der Waals surface area contributed by atoms with E-state index >= 15 is 0 Å². The van der Waals surface area contributed by atoms with Crippen molar-refractivity contribution in [1.29, 1.82) is 0 Å². The molecule has 0 bridgehead atoms. The highest BCUT2D eigenvalue weighted by molar-refractivity contribution is 7.93. The van der Waals surface area contributed by atoms with Gasteiger partial charge in [-0.05, 0) is 51.3 Å². The van der Waals surface area contributed by atoms with Gasteiger partial charge in [0.25, 0.3) is 0 Å². The Balaban J connectivity index is 1.66. The Hall–Kier alpha value is -3.25. The summed E-state index contributed by atoms with van der Waals surface area (Å²) in [6, 6.07) is 19.4.